The summed E-state index contributed by atoms with van der Waals surface area (Å²) in [4.78, 5) is 4.38. The van der Waals surface area contributed by atoms with Crippen molar-refractivity contribution in [2.45, 2.75) is 12.5 Å². The molecule has 0 saturated carbocycles. The number of phenols is 1. The molecule has 0 aliphatic heterocycles. The van der Waals surface area contributed by atoms with Gasteiger partial charge in [-0.05, 0) is 24.1 Å². The van der Waals surface area contributed by atoms with Gasteiger partial charge in [-0.2, -0.15) is 0 Å². The minimum atomic E-state index is -0.113. The average Bonchev–Trinajstić information content (AvgIpc) is 2.81. The third-order valence-corrected chi connectivity index (χ3v) is 3.39. The molecule has 0 fully saturated rings. The van der Waals surface area contributed by atoms with E-state index in [2.05, 4.69) is 10.3 Å². The first-order valence-corrected chi connectivity index (χ1v) is 6.23. The van der Waals surface area contributed by atoms with Crippen LogP contribution in [-0.2, 0) is 6.42 Å². The van der Waals surface area contributed by atoms with Crippen molar-refractivity contribution in [3.8, 4) is 5.75 Å². The second-order valence-electron chi connectivity index (χ2n) is 3.80. The van der Waals surface area contributed by atoms with Gasteiger partial charge in [0.15, 0.2) is 5.13 Å². The molecule has 1 heterocycles. The van der Waals surface area contributed by atoms with Crippen LogP contribution in [0, 0.1) is 0 Å². The summed E-state index contributed by atoms with van der Waals surface area (Å²) in [5.41, 5.74) is 8.07. The zero-order chi connectivity index (χ0) is 12.3. The Balaban J connectivity index is 2.05. The minimum Gasteiger partial charge on any atom is -0.508 e. The Kier molecular flexibility index (Phi) is 3.61. The highest BCUT2D eigenvalue weighted by molar-refractivity contribution is 7.13. The molecule has 0 bridgehead atoms. The van der Waals surface area contributed by atoms with Gasteiger partial charge in [-0.15, -0.1) is 11.3 Å². The topological polar surface area (TPSA) is 71.2 Å². The van der Waals surface area contributed by atoms with E-state index in [1.165, 1.54) is 0 Å². The number of benzene rings is 1. The largest absolute Gasteiger partial charge is 0.508 e. The van der Waals surface area contributed by atoms with Crippen molar-refractivity contribution in [2.24, 2.45) is 5.73 Å². The van der Waals surface area contributed by atoms with E-state index in [1.807, 2.05) is 24.6 Å². The highest BCUT2D eigenvalue weighted by Crippen LogP contribution is 2.22. The van der Waals surface area contributed by atoms with Crippen molar-refractivity contribution in [3.63, 3.8) is 0 Å². The lowest BCUT2D eigenvalue weighted by Gasteiger charge is -2.08. The molecule has 5 heteroatoms. The van der Waals surface area contributed by atoms with Crippen molar-refractivity contribution in [1.82, 2.24) is 4.98 Å². The number of phenolic OH excluding ortho intramolecular Hbond substituents is 1. The zero-order valence-corrected chi connectivity index (χ0v) is 10.4. The molecule has 0 spiro atoms. The number of thiazole rings is 1. The van der Waals surface area contributed by atoms with Crippen LogP contribution in [0.5, 0.6) is 5.75 Å². The van der Waals surface area contributed by atoms with Crippen LogP contribution < -0.4 is 11.1 Å². The lowest BCUT2D eigenvalue weighted by molar-refractivity contribution is 0.475. The monoisotopic (exact) mass is 249 g/mol. The Morgan fingerprint density at radius 2 is 2.12 bits per heavy atom. The predicted octanol–water partition coefficient (Wildman–Crippen LogP) is 2.13. The first-order chi connectivity index (χ1) is 8.19. The van der Waals surface area contributed by atoms with Crippen LogP contribution in [0.4, 0.5) is 5.13 Å². The molecule has 2 rings (SSSR count). The second-order valence-corrected chi connectivity index (χ2v) is 4.66. The number of rotatable bonds is 4. The van der Waals surface area contributed by atoms with Crippen molar-refractivity contribution >= 4 is 16.5 Å². The van der Waals surface area contributed by atoms with Crippen LogP contribution in [0.3, 0.4) is 0 Å². The van der Waals surface area contributed by atoms with Crippen molar-refractivity contribution in [2.75, 3.05) is 12.4 Å². The molecule has 0 saturated heterocycles. The lowest BCUT2D eigenvalue weighted by atomic mass is 10.0. The van der Waals surface area contributed by atoms with E-state index in [0.29, 0.717) is 6.42 Å². The molecule has 0 unspecified atom stereocenters. The number of nitrogens with one attached hydrogen (secondary N) is 1. The molecule has 17 heavy (non-hydrogen) atoms. The standard InChI is InChI=1S/C12H15N3OS/c1-14-12-15-11(7-17-12)10(13)6-8-2-4-9(16)5-3-8/h2-5,7,10,16H,6,13H2,1H3,(H,14,15)/t10-/m0/s1. The molecule has 0 aliphatic carbocycles. The minimum absolute atomic E-state index is 0.113. The Labute approximate surface area is 104 Å². The van der Waals surface area contributed by atoms with Crippen molar-refractivity contribution < 1.29 is 5.11 Å². The fourth-order valence-corrected chi connectivity index (χ4v) is 2.30. The molecule has 1 aromatic heterocycles. The van der Waals surface area contributed by atoms with E-state index in [9.17, 15) is 5.11 Å². The summed E-state index contributed by atoms with van der Waals surface area (Å²) >= 11 is 1.55. The van der Waals surface area contributed by atoms with Crippen LogP contribution >= 0.6 is 11.3 Å². The quantitative estimate of drug-likeness (QED) is 0.776. The van der Waals surface area contributed by atoms with E-state index in [0.717, 1.165) is 16.4 Å². The first kappa shape index (κ1) is 11.9. The van der Waals surface area contributed by atoms with E-state index in [4.69, 9.17) is 5.73 Å². The lowest BCUT2D eigenvalue weighted by Crippen LogP contribution is -2.13. The van der Waals surface area contributed by atoms with Gasteiger partial charge in [0.2, 0.25) is 0 Å². The smallest absolute Gasteiger partial charge is 0.182 e. The summed E-state index contributed by atoms with van der Waals surface area (Å²) in [7, 11) is 1.84. The summed E-state index contributed by atoms with van der Waals surface area (Å²) in [6.45, 7) is 0. The van der Waals surface area contributed by atoms with Crippen LogP contribution in [0.2, 0.25) is 0 Å². The third kappa shape index (κ3) is 2.95. The van der Waals surface area contributed by atoms with Gasteiger partial charge >= 0.3 is 0 Å². The molecular formula is C12H15N3OS. The molecule has 4 N–H and O–H groups in total. The molecular weight excluding hydrogens is 234 g/mol. The van der Waals surface area contributed by atoms with E-state index >= 15 is 0 Å². The van der Waals surface area contributed by atoms with Crippen LogP contribution in [-0.4, -0.2) is 17.1 Å². The molecule has 4 nitrogen and oxygen atoms in total. The van der Waals surface area contributed by atoms with Crippen LogP contribution in [0.25, 0.3) is 0 Å². The van der Waals surface area contributed by atoms with Crippen molar-refractivity contribution in [3.05, 3.63) is 40.9 Å². The van der Waals surface area contributed by atoms with Gasteiger partial charge in [-0.3, -0.25) is 0 Å². The SMILES string of the molecule is CNc1nc([C@@H](N)Cc2ccc(O)cc2)cs1. The molecule has 1 aromatic carbocycles. The fraction of sp³-hybridized carbons (Fsp3) is 0.250. The second kappa shape index (κ2) is 5.16. The van der Waals surface area contributed by atoms with Gasteiger partial charge in [0.05, 0.1) is 11.7 Å². The summed E-state index contributed by atoms with van der Waals surface area (Å²) < 4.78 is 0. The Hall–Kier alpha value is -1.59. The number of nitrogens with two attached hydrogens (primary N) is 1. The van der Waals surface area contributed by atoms with Crippen LogP contribution in [0.1, 0.15) is 17.3 Å². The van der Waals surface area contributed by atoms with Gasteiger partial charge in [-0.25, -0.2) is 4.98 Å². The molecule has 0 aliphatic rings. The normalized spacial score (nSPS) is 12.4. The number of aromatic hydroxyl groups is 1. The number of nitrogens with zero attached hydrogens (tertiary/aromatic N) is 1. The summed E-state index contributed by atoms with van der Waals surface area (Å²) in [6, 6.07) is 6.98. The predicted molar refractivity (Wildman–Crippen MR) is 70.4 cm³/mol. The summed E-state index contributed by atoms with van der Waals surface area (Å²) in [6.07, 6.45) is 0.715. The van der Waals surface area contributed by atoms with E-state index in [-0.39, 0.29) is 11.8 Å². The number of hydrogen-bond acceptors (Lipinski definition) is 5. The summed E-state index contributed by atoms with van der Waals surface area (Å²) in [5, 5.41) is 15.0. The Bertz CT molecular complexity index is 481. The first-order valence-electron chi connectivity index (χ1n) is 5.35. The Morgan fingerprint density at radius 1 is 1.41 bits per heavy atom. The zero-order valence-electron chi connectivity index (χ0n) is 9.55. The number of aromatic nitrogens is 1. The Morgan fingerprint density at radius 3 is 2.71 bits per heavy atom. The fourth-order valence-electron chi connectivity index (χ4n) is 1.56. The van der Waals surface area contributed by atoms with Gasteiger partial charge in [0.1, 0.15) is 5.75 Å². The average molecular weight is 249 g/mol. The number of hydrogen-bond donors (Lipinski definition) is 3. The van der Waals surface area contributed by atoms with Gasteiger partial charge < -0.3 is 16.2 Å². The third-order valence-electron chi connectivity index (χ3n) is 2.51. The maximum atomic E-state index is 9.19. The molecule has 0 amide bonds. The molecule has 2 aromatic rings. The van der Waals surface area contributed by atoms with Gasteiger partial charge in [-0.1, -0.05) is 12.1 Å². The highest BCUT2D eigenvalue weighted by Gasteiger charge is 2.11. The van der Waals surface area contributed by atoms with Crippen molar-refractivity contribution in [1.29, 1.82) is 0 Å². The summed E-state index contributed by atoms with van der Waals surface area (Å²) in [5.74, 6) is 0.272. The van der Waals surface area contributed by atoms with Crippen LogP contribution in [0.15, 0.2) is 29.6 Å². The molecule has 90 valence electrons. The molecule has 1 atom stereocenters. The maximum Gasteiger partial charge on any atom is 0.182 e. The number of anilines is 1. The van der Waals surface area contributed by atoms with E-state index in [1.54, 1.807) is 23.5 Å². The molecule has 0 radical (unpaired) electrons. The highest BCUT2D eigenvalue weighted by atomic mass is 32.1. The van der Waals surface area contributed by atoms with E-state index < -0.39 is 0 Å². The van der Waals surface area contributed by atoms with Gasteiger partial charge in [0.25, 0.3) is 0 Å². The van der Waals surface area contributed by atoms with Gasteiger partial charge in [0, 0.05) is 12.4 Å². The maximum absolute atomic E-state index is 9.19.